The standard InChI is InChI=1S/C24H22ClN3O4S/c1-4-32-23(30)20-14(2)27-24-28(21(20)15-8-7-9-16(12-15)31-3)22(29)19(33-24)13-26-18-11-6-5-10-17(18)25/h5-13,21,26H,4H2,1-3H3/b19-13-/t21-/m1/s1. The van der Waals surface area contributed by atoms with Crippen molar-refractivity contribution in [2.24, 2.45) is 4.99 Å². The van der Waals surface area contributed by atoms with E-state index >= 15 is 0 Å². The molecule has 0 saturated carbocycles. The molecular formula is C24H22ClN3O4S. The van der Waals surface area contributed by atoms with Gasteiger partial charge >= 0.3 is 5.97 Å². The smallest absolute Gasteiger partial charge is 0.338 e. The predicted octanol–water partition coefficient (Wildman–Crippen LogP) is 3.48. The van der Waals surface area contributed by atoms with Crippen molar-refractivity contribution in [2.75, 3.05) is 19.0 Å². The second-order valence-corrected chi connectivity index (χ2v) is 8.62. The largest absolute Gasteiger partial charge is 0.497 e. The first kappa shape index (κ1) is 22.8. The molecule has 1 aliphatic rings. The van der Waals surface area contributed by atoms with Crippen molar-refractivity contribution in [3.8, 4) is 5.75 Å². The molecule has 4 rings (SSSR count). The molecule has 1 atom stereocenters. The first-order valence-corrected chi connectivity index (χ1v) is 11.5. The number of hydrogen-bond acceptors (Lipinski definition) is 7. The molecule has 0 fully saturated rings. The summed E-state index contributed by atoms with van der Waals surface area (Å²) in [5.74, 6) is 0.114. The van der Waals surface area contributed by atoms with Crippen molar-refractivity contribution in [3.63, 3.8) is 0 Å². The highest BCUT2D eigenvalue weighted by molar-refractivity contribution is 7.07. The van der Waals surface area contributed by atoms with E-state index < -0.39 is 12.0 Å². The van der Waals surface area contributed by atoms with E-state index in [1.54, 1.807) is 39.3 Å². The molecule has 1 N–H and O–H groups in total. The Morgan fingerprint density at radius 1 is 1.27 bits per heavy atom. The van der Waals surface area contributed by atoms with Gasteiger partial charge in [0.05, 0.1) is 41.7 Å². The topological polar surface area (TPSA) is 81.9 Å². The number of nitrogens with zero attached hydrogens (tertiary/aromatic N) is 2. The number of aromatic nitrogens is 1. The van der Waals surface area contributed by atoms with E-state index in [1.807, 2.05) is 36.4 Å². The number of thiazole rings is 1. The molecule has 0 amide bonds. The van der Waals surface area contributed by atoms with Gasteiger partial charge in [-0.2, -0.15) is 0 Å². The minimum atomic E-state index is -0.696. The van der Waals surface area contributed by atoms with Crippen LogP contribution < -0.4 is 24.9 Å². The number of halogens is 1. The Kier molecular flexibility index (Phi) is 6.67. The average molecular weight is 484 g/mol. The number of hydrogen-bond donors (Lipinski definition) is 1. The molecule has 0 aliphatic carbocycles. The number of anilines is 1. The minimum Gasteiger partial charge on any atom is -0.497 e. The number of esters is 1. The van der Waals surface area contributed by atoms with E-state index in [0.29, 0.717) is 37.1 Å². The van der Waals surface area contributed by atoms with Crippen molar-refractivity contribution in [1.29, 1.82) is 0 Å². The number of allylic oxidation sites excluding steroid dienone is 1. The number of carbonyl (C=O) groups is 1. The number of fused-ring (bicyclic) bond motifs is 1. The van der Waals surface area contributed by atoms with Crippen LogP contribution in [0.4, 0.5) is 5.69 Å². The lowest BCUT2D eigenvalue weighted by molar-refractivity contribution is -0.139. The Labute approximate surface area is 199 Å². The summed E-state index contributed by atoms with van der Waals surface area (Å²) in [5.41, 5.74) is 1.95. The Morgan fingerprint density at radius 3 is 2.79 bits per heavy atom. The molecule has 0 bridgehead atoms. The number of ether oxygens (including phenoxy) is 2. The van der Waals surface area contributed by atoms with Gasteiger partial charge in [0.15, 0.2) is 4.80 Å². The first-order chi connectivity index (χ1) is 15.9. The average Bonchev–Trinajstić information content (AvgIpc) is 3.12. The van der Waals surface area contributed by atoms with Crippen LogP contribution in [0.5, 0.6) is 5.75 Å². The number of methoxy groups -OCH3 is 1. The predicted molar refractivity (Wildman–Crippen MR) is 129 cm³/mol. The molecule has 33 heavy (non-hydrogen) atoms. The van der Waals surface area contributed by atoms with Crippen molar-refractivity contribution < 1.29 is 14.3 Å². The summed E-state index contributed by atoms with van der Waals surface area (Å²) in [4.78, 5) is 31.4. The van der Waals surface area contributed by atoms with Gasteiger partial charge < -0.3 is 14.8 Å². The van der Waals surface area contributed by atoms with E-state index in [0.717, 1.165) is 5.56 Å². The molecule has 2 heterocycles. The normalized spacial score (nSPS) is 15.6. The van der Waals surface area contributed by atoms with E-state index in [9.17, 15) is 9.59 Å². The quantitative estimate of drug-likeness (QED) is 0.543. The highest BCUT2D eigenvalue weighted by Crippen LogP contribution is 2.32. The fourth-order valence-electron chi connectivity index (χ4n) is 3.64. The molecule has 1 aromatic heterocycles. The molecule has 9 heteroatoms. The molecule has 2 aromatic carbocycles. The third-order valence-electron chi connectivity index (χ3n) is 5.16. The Bertz CT molecular complexity index is 1420. The molecule has 0 saturated heterocycles. The SMILES string of the molecule is CCOC(=O)C1=C(C)N=c2s/c(=C\Nc3ccccc3Cl)c(=O)n2[C@@H]1c1cccc(OC)c1. The van der Waals surface area contributed by atoms with Gasteiger partial charge in [0, 0.05) is 6.20 Å². The van der Waals surface area contributed by atoms with Crippen molar-refractivity contribution >= 4 is 40.8 Å². The first-order valence-electron chi connectivity index (χ1n) is 10.3. The second kappa shape index (κ2) is 9.64. The number of carbonyl (C=O) groups excluding carboxylic acids is 1. The highest BCUT2D eigenvalue weighted by Gasteiger charge is 2.33. The summed E-state index contributed by atoms with van der Waals surface area (Å²) in [7, 11) is 1.57. The summed E-state index contributed by atoms with van der Waals surface area (Å²) >= 11 is 7.45. The molecule has 170 valence electrons. The number of nitrogens with one attached hydrogen (secondary N) is 1. The zero-order valence-corrected chi connectivity index (χ0v) is 19.9. The van der Waals surface area contributed by atoms with Gasteiger partial charge in [-0.25, -0.2) is 9.79 Å². The summed E-state index contributed by atoms with van der Waals surface area (Å²) < 4.78 is 12.6. The van der Waals surface area contributed by atoms with Crippen LogP contribution in [0.15, 0.2) is 69.6 Å². The van der Waals surface area contributed by atoms with Crippen LogP contribution in [0.1, 0.15) is 25.5 Å². The Hall–Kier alpha value is -3.36. The maximum atomic E-state index is 13.5. The van der Waals surface area contributed by atoms with Crippen molar-refractivity contribution in [1.82, 2.24) is 4.57 Å². The second-order valence-electron chi connectivity index (χ2n) is 7.20. The van der Waals surface area contributed by atoms with Crippen molar-refractivity contribution in [3.05, 3.63) is 90.1 Å². The van der Waals surface area contributed by atoms with Gasteiger partial charge in [-0.3, -0.25) is 9.36 Å². The molecule has 1 aliphatic heterocycles. The zero-order chi connectivity index (χ0) is 23.5. The molecule has 7 nitrogen and oxygen atoms in total. The van der Waals surface area contributed by atoms with E-state index in [1.165, 1.54) is 15.9 Å². The summed E-state index contributed by atoms with van der Waals surface area (Å²) in [6, 6.07) is 13.8. The van der Waals surface area contributed by atoms with Gasteiger partial charge in [0.1, 0.15) is 10.3 Å². The monoisotopic (exact) mass is 483 g/mol. The van der Waals surface area contributed by atoms with E-state index in [2.05, 4.69) is 10.3 Å². The third kappa shape index (κ3) is 4.44. The number of rotatable bonds is 6. The molecule has 0 spiro atoms. The van der Waals surface area contributed by atoms with Crippen LogP contribution in [0.3, 0.4) is 0 Å². The molecular weight excluding hydrogens is 462 g/mol. The summed E-state index contributed by atoms with van der Waals surface area (Å²) in [6.07, 6.45) is 1.61. The van der Waals surface area contributed by atoms with Gasteiger partial charge in [0.25, 0.3) is 5.56 Å². The molecule has 0 unspecified atom stereocenters. The molecule has 3 aromatic rings. The number of para-hydroxylation sites is 1. The Morgan fingerprint density at radius 2 is 2.06 bits per heavy atom. The van der Waals surface area contributed by atoms with Gasteiger partial charge in [-0.1, -0.05) is 47.2 Å². The fraction of sp³-hybridized carbons (Fsp3) is 0.208. The van der Waals surface area contributed by atoms with Crippen LogP contribution in [0.2, 0.25) is 5.02 Å². The maximum Gasteiger partial charge on any atom is 0.338 e. The third-order valence-corrected chi connectivity index (χ3v) is 6.47. The fourth-order valence-corrected chi connectivity index (χ4v) is 4.80. The van der Waals surface area contributed by atoms with E-state index in [4.69, 9.17) is 21.1 Å². The maximum absolute atomic E-state index is 13.5. The van der Waals surface area contributed by atoms with Crippen LogP contribution in [-0.2, 0) is 9.53 Å². The van der Waals surface area contributed by atoms with Crippen LogP contribution in [0.25, 0.3) is 6.20 Å². The summed E-state index contributed by atoms with van der Waals surface area (Å²) in [5, 5.41) is 3.63. The van der Waals surface area contributed by atoms with Gasteiger partial charge in [-0.05, 0) is 43.7 Å². The summed E-state index contributed by atoms with van der Waals surface area (Å²) in [6.45, 7) is 3.70. The minimum absolute atomic E-state index is 0.215. The van der Waals surface area contributed by atoms with Crippen molar-refractivity contribution in [2.45, 2.75) is 19.9 Å². The highest BCUT2D eigenvalue weighted by atomic mass is 35.5. The van der Waals surface area contributed by atoms with Gasteiger partial charge in [-0.15, -0.1) is 0 Å². The lowest BCUT2D eigenvalue weighted by atomic mass is 9.95. The van der Waals surface area contributed by atoms with E-state index in [-0.39, 0.29) is 12.2 Å². The van der Waals surface area contributed by atoms with Crippen LogP contribution in [0, 0.1) is 0 Å². The van der Waals surface area contributed by atoms with Crippen LogP contribution >= 0.6 is 22.9 Å². The van der Waals surface area contributed by atoms with Gasteiger partial charge in [0.2, 0.25) is 0 Å². The lowest BCUT2D eigenvalue weighted by Crippen LogP contribution is -2.40. The zero-order valence-electron chi connectivity index (χ0n) is 18.3. The lowest BCUT2D eigenvalue weighted by Gasteiger charge is -2.24. The number of benzene rings is 2. The van der Waals surface area contributed by atoms with Crippen LogP contribution in [-0.4, -0.2) is 24.3 Å². The molecule has 0 radical (unpaired) electrons. The Balaban J connectivity index is 1.89.